The van der Waals surface area contributed by atoms with Gasteiger partial charge in [0.25, 0.3) is 0 Å². The van der Waals surface area contributed by atoms with Crippen molar-refractivity contribution in [3.63, 3.8) is 0 Å². The number of nitrogens with one attached hydrogen (secondary N) is 1. The van der Waals surface area contributed by atoms with Crippen LogP contribution in [0, 0.1) is 11.6 Å². The number of piperazine rings is 1. The molecule has 0 amide bonds. The van der Waals surface area contributed by atoms with Crippen molar-refractivity contribution >= 4 is 23.5 Å². The lowest BCUT2D eigenvalue weighted by Gasteiger charge is -2.33. The molecule has 0 radical (unpaired) electrons. The van der Waals surface area contributed by atoms with E-state index in [-0.39, 0.29) is 6.01 Å². The summed E-state index contributed by atoms with van der Waals surface area (Å²) in [4.78, 5) is 17.7. The zero-order valence-corrected chi connectivity index (χ0v) is 20.1. The van der Waals surface area contributed by atoms with E-state index in [0.717, 1.165) is 37.3 Å². The Labute approximate surface area is 203 Å². The third kappa shape index (κ3) is 4.95. The second kappa shape index (κ2) is 9.58. The minimum atomic E-state index is -0.772. The maximum absolute atomic E-state index is 15.2. The summed E-state index contributed by atoms with van der Waals surface area (Å²) in [5.41, 5.74) is 3.01. The van der Waals surface area contributed by atoms with Crippen LogP contribution < -0.4 is 15.0 Å². The summed E-state index contributed by atoms with van der Waals surface area (Å²) in [6.45, 7) is 7.71. The highest BCUT2D eigenvalue weighted by atomic mass is 19.1. The van der Waals surface area contributed by atoms with Crippen LogP contribution in [0.4, 0.5) is 20.4 Å². The summed E-state index contributed by atoms with van der Waals surface area (Å²) in [5.74, 6) is -0.282. The topological polar surface area (TPSA) is 65.9 Å². The van der Waals surface area contributed by atoms with Crippen LogP contribution in [0.25, 0.3) is 6.08 Å². The Bertz CT molecular complexity index is 1280. The number of nitrogens with zero attached hydrogens (tertiary/aromatic N) is 5. The van der Waals surface area contributed by atoms with Crippen molar-refractivity contribution in [1.29, 1.82) is 0 Å². The van der Waals surface area contributed by atoms with Gasteiger partial charge in [0.15, 0.2) is 11.6 Å². The predicted molar refractivity (Wildman–Crippen MR) is 134 cm³/mol. The Balaban J connectivity index is 1.48. The Hall–Kier alpha value is -3.59. The number of ether oxygens (including phenoxy) is 1. The molecule has 182 valence electrons. The molecule has 1 aliphatic carbocycles. The number of rotatable bonds is 5. The van der Waals surface area contributed by atoms with Gasteiger partial charge in [-0.05, 0) is 50.6 Å². The summed E-state index contributed by atoms with van der Waals surface area (Å²) < 4.78 is 35.7. The van der Waals surface area contributed by atoms with Crippen molar-refractivity contribution in [3.05, 3.63) is 64.3 Å². The van der Waals surface area contributed by atoms with Gasteiger partial charge in [-0.25, -0.2) is 8.78 Å². The van der Waals surface area contributed by atoms with E-state index in [4.69, 9.17) is 4.74 Å². The van der Waals surface area contributed by atoms with E-state index in [1.54, 1.807) is 6.08 Å². The van der Waals surface area contributed by atoms with E-state index < -0.39 is 17.4 Å². The third-order valence-electron chi connectivity index (χ3n) is 6.26. The molecule has 1 N–H and O–H groups in total. The van der Waals surface area contributed by atoms with E-state index >= 15 is 4.39 Å². The van der Waals surface area contributed by atoms with Gasteiger partial charge in [-0.15, -0.1) is 0 Å². The van der Waals surface area contributed by atoms with Crippen molar-refractivity contribution in [3.8, 4) is 11.8 Å². The number of likely N-dealkylation sites (N-methyl/N-ethyl adjacent to an activating group) is 1. The number of hydrogen-bond donors (Lipinski definition) is 1. The number of hydrogen-bond acceptors (Lipinski definition) is 7. The van der Waals surface area contributed by atoms with E-state index in [2.05, 4.69) is 37.1 Å². The average molecular weight is 479 g/mol. The molecule has 0 bridgehead atoms. The highest BCUT2D eigenvalue weighted by Gasteiger charge is 2.25. The molecule has 3 aliphatic rings. The van der Waals surface area contributed by atoms with Crippen LogP contribution in [-0.4, -0.2) is 60.5 Å². The van der Waals surface area contributed by atoms with Crippen molar-refractivity contribution < 1.29 is 13.5 Å². The van der Waals surface area contributed by atoms with Gasteiger partial charge < -0.3 is 19.9 Å². The highest BCUT2D eigenvalue weighted by molar-refractivity contribution is 6.05. The number of amidine groups is 1. The highest BCUT2D eigenvalue weighted by Crippen LogP contribution is 2.36. The molecule has 0 atom stereocenters. The molecular formula is C26H28F2N6O. The van der Waals surface area contributed by atoms with E-state index in [1.165, 1.54) is 6.07 Å². The van der Waals surface area contributed by atoms with E-state index in [0.29, 0.717) is 41.6 Å². The van der Waals surface area contributed by atoms with Crippen LogP contribution >= 0.6 is 0 Å². The maximum Gasteiger partial charge on any atom is 0.326 e. The first kappa shape index (κ1) is 23.2. The fourth-order valence-corrected chi connectivity index (χ4v) is 4.43. The lowest BCUT2D eigenvalue weighted by Crippen LogP contribution is -2.44. The molecule has 2 aromatic rings. The number of fused-ring (bicyclic) bond motifs is 1. The lowest BCUT2D eigenvalue weighted by molar-refractivity contribution is 0.311. The van der Waals surface area contributed by atoms with Crippen LogP contribution in [0.2, 0.25) is 0 Å². The minimum Gasteiger partial charge on any atom is -0.418 e. The maximum atomic E-state index is 15.2. The summed E-state index contributed by atoms with van der Waals surface area (Å²) >= 11 is 0. The van der Waals surface area contributed by atoms with Crippen LogP contribution in [0.15, 0.2) is 46.5 Å². The molecule has 7 nitrogen and oxygen atoms in total. The molecule has 0 unspecified atom stereocenters. The number of benzene rings is 1. The molecule has 0 saturated carbocycles. The van der Waals surface area contributed by atoms with Crippen molar-refractivity contribution in [2.75, 3.05) is 50.0 Å². The predicted octanol–water partition coefficient (Wildman–Crippen LogP) is 4.58. The SMILES string of the molecule is C/C=C/C1=CC(Nc2cc(N3CCN(C)CC3)nc(Oc3c(F)cc4c(c3F)C=C(C)C4)n2)=NC1. The fraction of sp³-hybridized carbons (Fsp3) is 0.346. The molecular weight excluding hydrogens is 450 g/mol. The monoisotopic (exact) mass is 478 g/mol. The Kier molecular flexibility index (Phi) is 6.34. The zero-order chi connectivity index (χ0) is 24.5. The number of aliphatic imine (C=N–C) groups is 1. The van der Waals surface area contributed by atoms with Gasteiger partial charge in [-0.1, -0.05) is 23.8 Å². The van der Waals surface area contributed by atoms with Gasteiger partial charge in [-0.2, -0.15) is 9.97 Å². The molecule has 0 spiro atoms. The normalized spacial score (nSPS) is 18.0. The van der Waals surface area contributed by atoms with Crippen LogP contribution in [0.3, 0.4) is 0 Å². The Morgan fingerprint density at radius 3 is 2.66 bits per heavy atom. The molecule has 1 saturated heterocycles. The number of anilines is 2. The molecule has 3 heterocycles. The molecule has 35 heavy (non-hydrogen) atoms. The Morgan fingerprint density at radius 2 is 1.89 bits per heavy atom. The molecule has 1 aromatic heterocycles. The second-order valence-corrected chi connectivity index (χ2v) is 9.07. The van der Waals surface area contributed by atoms with Gasteiger partial charge >= 0.3 is 6.01 Å². The van der Waals surface area contributed by atoms with Gasteiger partial charge in [0.1, 0.15) is 17.5 Å². The molecule has 1 fully saturated rings. The van der Waals surface area contributed by atoms with Crippen molar-refractivity contribution in [2.24, 2.45) is 4.99 Å². The van der Waals surface area contributed by atoms with Crippen molar-refractivity contribution in [2.45, 2.75) is 20.3 Å². The summed E-state index contributed by atoms with van der Waals surface area (Å²) in [6, 6.07) is 3.01. The number of allylic oxidation sites excluding steroid dienone is 2. The van der Waals surface area contributed by atoms with Crippen LogP contribution in [0.1, 0.15) is 25.0 Å². The van der Waals surface area contributed by atoms with Crippen LogP contribution in [0.5, 0.6) is 11.8 Å². The molecule has 5 rings (SSSR count). The quantitative estimate of drug-likeness (QED) is 0.679. The molecule has 2 aliphatic heterocycles. The largest absolute Gasteiger partial charge is 0.418 e. The number of aromatic nitrogens is 2. The summed E-state index contributed by atoms with van der Waals surface area (Å²) in [6.07, 6.45) is 8.14. The average Bonchev–Trinajstić information content (AvgIpc) is 3.42. The van der Waals surface area contributed by atoms with Gasteiger partial charge in [-0.3, -0.25) is 4.99 Å². The van der Waals surface area contributed by atoms with Crippen LogP contribution in [-0.2, 0) is 6.42 Å². The van der Waals surface area contributed by atoms with Gasteiger partial charge in [0.05, 0.1) is 6.54 Å². The lowest BCUT2D eigenvalue weighted by atomic mass is 10.1. The van der Waals surface area contributed by atoms with E-state index in [1.807, 2.05) is 38.1 Å². The summed E-state index contributed by atoms with van der Waals surface area (Å²) in [5, 5.41) is 3.19. The summed E-state index contributed by atoms with van der Waals surface area (Å²) in [7, 11) is 2.07. The van der Waals surface area contributed by atoms with Gasteiger partial charge in [0, 0.05) is 37.8 Å². The first-order valence-electron chi connectivity index (χ1n) is 11.7. The van der Waals surface area contributed by atoms with Crippen molar-refractivity contribution in [1.82, 2.24) is 14.9 Å². The fourth-order valence-electron chi connectivity index (χ4n) is 4.43. The van der Waals surface area contributed by atoms with E-state index in [9.17, 15) is 4.39 Å². The standard InChI is InChI=1S/C26H28F2N6O/c1-4-5-17-12-21(29-15-17)30-22-14-23(34-8-6-33(3)7-9-34)32-26(31-22)35-25-20(27)13-18-10-16(2)11-19(18)24(25)28/h4-5,11-14H,6-10,15H2,1-3H3,(H,29,30,31,32)/b5-4+. The molecule has 9 heteroatoms. The van der Waals surface area contributed by atoms with Gasteiger partial charge in [0.2, 0.25) is 5.75 Å². The minimum absolute atomic E-state index is 0.128. The third-order valence-corrected chi connectivity index (χ3v) is 6.26. The number of halogens is 2. The molecule has 1 aromatic carbocycles. The smallest absolute Gasteiger partial charge is 0.326 e. The first-order chi connectivity index (χ1) is 16.9. The zero-order valence-electron chi connectivity index (χ0n) is 20.1. The first-order valence-corrected chi connectivity index (χ1v) is 11.7. The Morgan fingerprint density at radius 1 is 1.09 bits per heavy atom. The second-order valence-electron chi connectivity index (χ2n) is 9.07.